The maximum absolute atomic E-state index is 12.3. The molecule has 2 aromatic carbocycles. The molecule has 1 aromatic heterocycles. The molecule has 0 bridgehead atoms. The number of thiazole rings is 1. The number of nitrogens with one attached hydrogen (secondary N) is 2. The van der Waals surface area contributed by atoms with Crippen LogP contribution in [0.5, 0.6) is 0 Å². The van der Waals surface area contributed by atoms with Gasteiger partial charge in [0, 0.05) is 21.5 Å². The van der Waals surface area contributed by atoms with E-state index < -0.39 is 0 Å². The maximum atomic E-state index is 12.3. The molecule has 0 aliphatic heterocycles. The van der Waals surface area contributed by atoms with E-state index in [0.29, 0.717) is 5.13 Å². The molecule has 27 heavy (non-hydrogen) atoms. The number of hydrogen-bond donors (Lipinski definition) is 2. The average Bonchev–Trinajstić information content (AvgIpc) is 3.12. The van der Waals surface area contributed by atoms with Gasteiger partial charge < -0.3 is 10.6 Å². The Balaban J connectivity index is 1.56. The molecule has 0 aliphatic carbocycles. The minimum absolute atomic E-state index is 0.0859. The first-order valence-corrected chi connectivity index (χ1v) is 10.5. The van der Waals surface area contributed by atoms with E-state index in [1.54, 1.807) is 0 Å². The highest BCUT2D eigenvalue weighted by molar-refractivity contribution is 9.10. The van der Waals surface area contributed by atoms with Crippen LogP contribution in [0.2, 0.25) is 0 Å². The number of carbonyl (C=O) groups is 1. The molecular formula is C21H22BrN3OS. The molecule has 6 heteroatoms. The number of amides is 1. The van der Waals surface area contributed by atoms with Crippen molar-refractivity contribution in [2.45, 2.75) is 26.3 Å². The SMILES string of the molecule is CC[C@@H](NCC(=O)Nc1nc(-c2ccc(Br)cc2)cs1)c1ccc(C)cc1. The fourth-order valence-electron chi connectivity index (χ4n) is 2.76. The van der Waals surface area contributed by atoms with Crippen molar-refractivity contribution in [2.24, 2.45) is 0 Å². The zero-order valence-electron chi connectivity index (χ0n) is 15.3. The van der Waals surface area contributed by atoms with Gasteiger partial charge in [0.2, 0.25) is 5.91 Å². The Morgan fingerprint density at radius 2 is 1.85 bits per heavy atom. The molecule has 0 aliphatic rings. The highest BCUT2D eigenvalue weighted by atomic mass is 79.9. The molecular weight excluding hydrogens is 422 g/mol. The van der Waals surface area contributed by atoms with Gasteiger partial charge in [-0.2, -0.15) is 0 Å². The summed E-state index contributed by atoms with van der Waals surface area (Å²) in [5, 5.41) is 8.78. The van der Waals surface area contributed by atoms with Gasteiger partial charge in [0.25, 0.3) is 0 Å². The lowest BCUT2D eigenvalue weighted by Gasteiger charge is -2.17. The normalized spacial score (nSPS) is 12.0. The molecule has 0 saturated heterocycles. The number of carbonyl (C=O) groups excluding carboxylic acids is 1. The van der Waals surface area contributed by atoms with Gasteiger partial charge in [0.1, 0.15) is 0 Å². The quantitative estimate of drug-likeness (QED) is 0.502. The monoisotopic (exact) mass is 443 g/mol. The standard InChI is InChI=1S/C21H22BrN3OS/c1-3-18(15-6-4-14(2)5-7-15)23-12-20(26)25-21-24-19(13-27-21)16-8-10-17(22)11-9-16/h4-11,13,18,23H,3,12H2,1-2H3,(H,24,25,26)/t18-/m1/s1. The van der Waals surface area contributed by atoms with Crippen molar-refractivity contribution in [1.82, 2.24) is 10.3 Å². The van der Waals surface area contributed by atoms with Crippen LogP contribution >= 0.6 is 27.3 Å². The lowest BCUT2D eigenvalue weighted by molar-refractivity contribution is -0.115. The van der Waals surface area contributed by atoms with Crippen LogP contribution in [0.1, 0.15) is 30.5 Å². The fourth-order valence-corrected chi connectivity index (χ4v) is 3.76. The van der Waals surface area contributed by atoms with Crippen LogP contribution < -0.4 is 10.6 Å². The fraction of sp³-hybridized carbons (Fsp3) is 0.238. The molecule has 1 heterocycles. The van der Waals surface area contributed by atoms with Crippen LogP contribution in [-0.2, 0) is 4.79 Å². The van der Waals surface area contributed by atoms with Crippen molar-refractivity contribution in [3.63, 3.8) is 0 Å². The molecule has 3 rings (SSSR count). The predicted molar refractivity (Wildman–Crippen MR) is 116 cm³/mol. The van der Waals surface area contributed by atoms with Crippen molar-refractivity contribution >= 4 is 38.3 Å². The zero-order valence-corrected chi connectivity index (χ0v) is 17.7. The topological polar surface area (TPSA) is 54.0 Å². The first kappa shape index (κ1) is 19.7. The molecule has 140 valence electrons. The van der Waals surface area contributed by atoms with E-state index in [-0.39, 0.29) is 18.5 Å². The minimum atomic E-state index is -0.0859. The summed E-state index contributed by atoms with van der Waals surface area (Å²) in [4.78, 5) is 16.8. The number of nitrogens with zero attached hydrogens (tertiary/aromatic N) is 1. The lowest BCUT2D eigenvalue weighted by Crippen LogP contribution is -2.31. The molecule has 1 atom stereocenters. The minimum Gasteiger partial charge on any atom is -0.301 e. The van der Waals surface area contributed by atoms with Gasteiger partial charge in [0.05, 0.1) is 12.2 Å². The smallest absolute Gasteiger partial charge is 0.240 e. The third kappa shape index (κ3) is 5.48. The second kappa shape index (κ2) is 9.26. The van der Waals surface area contributed by atoms with Gasteiger partial charge in [-0.15, -0.1) is 11.3 Å². The molecule has 0 unspecified atom stereocenters. The average molecular weight is 444 g/mol. The highest BCUT2D eigenvalue weighted by Gasteiger charge is 2.12. The summed E-state index contributed by atoms with van der Waals surface area (Å²) >= 11 is 4.86. The molecule has 0 saturated carbocycles. The van der Waals surface area contributed by atoms with Gasteiger partial charge in [0.15, 0.2) is 5.13 Å². The first-order chi connectivity index (χ1) is 13.0. The summed E-state index contributed by atoms with van der Waals surface area (Å²) in [6.07, 6.45) is 0.918. The summed E-state index contributed by atoms with van der Waals surface area (Å²) in [5.74, 6) is -0.0859. The molecule has 0 fully saturated rings. The number of benzene rings is 2. The zero-order chi connectivity index (χ0) is 19.2. The Kier molecular flexibility index (Phi) is 6.77. The van der Waals surface area contributed by atoms with Crippen molar-refractivity contribution in [3.8, 4) is 11.3 Å². The van der Waals surface area contributed by atoms with E-state index in [9.17, 15) is 4.79 Å². The van der Waals surface area contributed by atoms with Gasteiger partial charge in [-0.25, -0.2) is 4.98 Å². The second-order valence-electron chi connectivity index (χ2n) is 6.35. The highest BCUT2D eigenvalue weighted by Crippen LogP contribution is 2.26. The van der Waals surface area contributed by atoms with Gasteiger partial charge in [-0.1, -0.05) is 64.8 Å². The van der Waals surface area contributed by atoms with Crippen LogP contribution in [0.15, 0.2) is 58.4 Å². The summed E-state index contributed by atoms with van der Waals surface area (Å²) < 4.78 is 1.03. The van der Waals surface area contributed by atoms with Crippen LogP contribution in [0.4, 0.5) is 5.13 Å². The van der Waals surface area contributed by atoms with E-state index in [4.69, 9.17) is 0 Å². The molecule has 0 radical (unpaired) electrons. The molecule has 3 aromatic rings. The number of halogens is 1. The third-order valence-electron chi connectivity index (χ3n) is 4.29. The van der Waals surface area contributed by atoms with Crippen molar-refractivity contribution < 1.29 is 4.79 Å². The Morgan fingerprint density at radius 3 is 2.52 bits per heavy atom. The van der Waals surface area contributed by atoms with Gasteiger partial charge >= 0.3 is 0 Å². The van der Waals surface area contributed by atoms with E-state index >= 15 is 0 Å². The number of anilines is 1. The Hall–Kier alpha value is -2.02. The second-order valence-corrected chi connectivity index (χ2v) is 8.12. The summed E-state index contributed by atoms with van der Waals surface area (Å²) in [7, 11) is 0. The molecule has 0 spiro atoms. The lowest BCUT2D eigenvalue weighted by atomic mass is 10.0. The van der Waals surface area contributed by atoms with Crippen LogP contribution in [0.3, 0.4) is 0 Å². The number of hydrogen-bond acceptors (Lipinski definition) is 4. The van der Waals surface area contributed by atoms with Crippen molar-refractivity contribution in [1.29, 1.82) is 0 Å². The summed E-state index contributed by atoms with van der Waals surface area (Å²) in [6.45, 7) is 4.43. The number of aromatic nitrogens is 1. The Morgan fingerprint density at radius 1 is 1.15 bits per heavy atom. The van der Waals surface area contributed by atoms with Crippen LogP contribution in [-0.4, -0.2) is 17.4 Å². The number of aryl methyl sites for hydroxylation is 1. The largest absolute Gasteiger partial charge is 0.301 e. The van der Waals surface area contributed by atoms with Crippen LogP contribution in [0.25, 0.3) is 11.3 Å². The number of rotatable bonds is 7. The molecule has 4 nitrogen and oxygen atoms in total. The van der Waals surface area contributed by atoms with Gasteiger partial charge in [-0.3, -0.25) is 4.79 Å². The van der Waals surface area contributed by atoms with Crippen LogP contribution in [0, 0.1) is 6.92 Å². The Labute approximate surface area is 172 Å². The van der Waals surface area contributed by atoms with Crippen molar-refractivity contribution in [3.05, 3.63) is 69.5 Å². The summed E-state index contributed by atoms with van der Waals surface area (Å²) in [5.41, 5.74) is 4.32. The Bertz CT molecular complexity index is 891. The maximum Gasteiger partial charge on any atom is 0.240 e. The molecule has 2 N–H and O–H groups in total. The van der Waals surface area contributed by atoms with Crippen molar-refractivity contribution in [2.75, 3.05) is 11.9 Å². The van der Waals surface area contributed by atoms with E-state index in [1.165, 1.54) is 22.5 Å². The van der Waals surface area contributed by atoms with E-state index in [0.717, 1.165) is 22.2 Å². The molecule has 1 amide bonds. The van der Waals surface area contributed by atoms with E-state index in [2.05, 4.69) is 69.7 Å². The van der Waals surface area contributed by atoms with Gasteiger partial charge in [-0.05, 0) is 31.0 Å². The first-order valence-electron chi connectivity index (χ1n) is 8.86. The summed E-state index contributed by atoms with van der Waals surface area (Å²) in [6, 6.07) is 16.5. The predicted octanol–water partition coefficient (Wildman–Crippen LogP) is 5.56. The van der Waals surface area contributed by atoms with E-state index in [1.807, 2.05) is 29.6 Å². The third-order valence-corrected chi connectivity index (χ3v) is 5.57.